The largest absolute Gasteiger partial charge is 0.496 e. The molecule has 11 heteroatoms. The van der Waals surface area contributed by atoms with E-state index >= 15 is 0 Å². The second-order valence-corrected chi connectivity index (χ2v) is 12.4. The lowest BCUT2D eigenvalue weighted by atomic mass is 9.73. The fraction of sp³-hybridized carbons (Fsp3) is 0.400. The Bertz CT molecular complexity index is 1640. The fourth-order valence-electron chi connectivity index (χ4n) is 5.88. The summed E-state index contributed by atoms with van der Waals surface area (Å²) in [6.07, 6.45) is 7.17. The molecule has 41 heavy (non-hydrogen) atoms. The van der Waals surface area contributed by atoms with Gasteiger partial charge in [-0.25, -0.2) is 15.0 Å². The lowest BCUT2D eigenvalue weighted by Gasteiger charge is -2.41. The van der Waals surface area contributed by atoms with Gasteiger partial charge in [0.2, 0.25) is 0 Å². The van der Waals surface area contributed by atoms with Gasteiger partial charge in [0.25, 0.3) is 5.56 Å². The summed E-state index contributed by atoms with van der Waals surface area (Å²) in [6.45, 7) is 6.86. The summed E-state index contributed by atoms with van der Waals surface area (Å²) in [4.78, 5) is 30.3. The van der Waals surface area contributed by atoms with Gasteiger partial charge in [-0.05, 0) is 44.9 Å². The molecule has 2 aromatic carbocycles. The minimum Gasteiger partial charge on any atom is -0.496 e. The van der Waals surface area contributed by atoms with Crippen molar-refractivity contribution in [3.63, 3.8) is 0 Å². The molecule has 4 heterocycles. The molecule has 2 aliphatic rings. The van der Waals surface area contributed by atoms with Gasteiger partial charge in [0.05, 0.1) is 61.0 Å². The third-order valence-electron chi connectivity index (χ3n) is 8.43. The Morgan fingerprint density at radius 1 is 1.17 bits per heavy atom. The molecule has 214 valence electrons. The minimum atomic E-state index is -0.211. The number of benzene rings is 2. The van der Waals surface area contributed by atoms with Gasteiger partial charge < -0.3 is 20.1 Å². The Labute approximate surface area is 248 Å². The van der Waals surface area contributed by atoms with E-state index in [1.165, 1.54) is 11.8 Å². The van der Waals surface area contributed by atoms with Gasteiger partial charge in [0, 0.05) is 35.0 Å². The van der Waals surface area contributed by atoms with Crippen molar-refractivity contribution in [3.05, 3.63) is 75.6 Å². The van der Waals surface area contributed by atoms with Crippen LogP contribution in [0.25, 0.3) is 10.9 Å². The number of aromatic nitrogens is 4. The molecule has 0 amide bonds. The van der Waals surface area contributed by atoms with E-state index in [4.69, 9.17) is 26.8 Å². The van der Waals surface area contributed by atoms with E-state index < -0.39 is 0 Å². The highest BCUT2D eigenvalue weighted by molar-refractivity contribution is 7.99. The molecule has 2 fully saturated rings. The van der Waals surface area contributed by atoms with Crippen molar-refractivity contribution < 1.29 is 9.47 Å². The second kappa shape index (κ2) is 11.2. The molecule has 0 bridgehead atoms. The van der Waals surface area contributed by atoms with Crippen LogP contribution < -0.4 is 20.9 Å². The molecule has 9 nitrogen and oxygen atoms in total. The molecule has 2 saturated heterocycles. The smallest absolute Gasteiger partial charge is 0.263 e. The molecule has 6 rings (SSSR count). The topological polar surface area (TPSA) is 108 Å². The fourth-order valence-corrected chi connectivity index (χ4v) is 7.00. The first-order chi connectivity index (χ1) is 19.8. The molecule has 0 radical (unpaired) electrons. The third kappa shape index (κ3) is 5.30. The van der Waals surface area contributed by atoms with Crippen molar-refractivity contribution in [3.8, 4) is 5.75 Å². The molecule has 2 atom stereocenters. The zero-order valence-corrected chi connectivity index (χ0v) is 24.9. The summed E-state index contributed by atoms with van der Waals surface area (Å²) in [5.74, 6) is 1.56. The van der Waals surface area contributed by atoms with E-state index in [1.54, 1.807) is 30.4 Å². The summed E-state index contributed by atoms with van der Waals surface area (Å²) < 4.78 is 12.9. The zero-order chi connectivity index (χ0) is 28.7. The molecule has 0 unspecified atom stereocenters. The van der Waals surface area contributed by atoms with Crippen molar-refractivity contribution in [1.29, 1.82) is 0 Å². The molecule has 2 aliphatic heterocycles. The monoisotopic (exact) mass is 592 g/mol. The van der Waals surface area contributed by atoms with Crippen LogP contribution in [0.1, 0.15) is 30.9 Å². The number of hydrogen-bond acceptors (Lipinski definition) is 9. The molecular weight excluding hydrogens is 560 g/mol. The molecule has 0 saturated carbocycles. The molecule has 0 aliphatic carbocycles. The van der Waals surface area contributed by atoms with E-state index in [9.17, 15) is 4.79 Å². The van der Waals surface area contributed by atoms with Crippen molar-refractivity contribution in [1.82, 2.24) is 19.5 Å². The van der Waals surface area contributed by atoms with Gasteiger partial charge >= 0.3 is 0 Å². The van der Waals surface area contributed by atoms with Gasteiger partial charge in [-0.2, -0.15) is 0 Å². The number of piperidine rings is 1. The molecular formula is C30H33ClN6O3S. The summed E-state index contributed by atoms with van der Waals surface area (Å²) in [5, 5.41) is 1.42. The number of ether oxygens (including phenoxy) is 2. The highest BCUT2D eigenvalue weighted by Gasteiger charge is 2.47. The summed E-state index contributed by atoms with van der Waals surface area (Å²) in [7, 11) is 1.62. The van der Waals surface area contributed by atoms with Gasteiger partial charge in [0.15, 0.2) is 0 Å². The summed E-state index contributed by atoms with van der Waals surface area (Å²) >= 11 is 8.19. The van der Waals surface area contributed by atoms with Crippen LogP contribution in [0.5, 0.6) is 5.75 Å². The number of halogens is 1. The van der Waals surface area contributed by atoms with Crippen LogP contribution in [-0.2, 0) is 11.3 Å². The third-order valence-corrected chi connectivity index (χ3v) is 9.92. The average Bonchev–Trinajstić information content (AvgIpc) is 3.25. The number of nitrogens with two attached hydrogens (primary N) is 1. The maximum absolute atomic E-state index is 13.5. The predicted octanol–water partition coefficient (Wildman–Crippen LogP) is 4.69. The molecule has 4 aromatic rings. The first kappa shape index (κ1) is 28.0. The first-order valence-corrected chi connectivity index (χ1v) is 14.9. The van der Waals surface area contributed by atoms with Gasteiger partial charge in [-0.1, -0.05) is 41.1 Å². The van der Waals surface area contributed by atoms with Crippen molar-refractivity contribution in [2.45, 2.75) is 55.3 Å². The van der Waals surface area contributed by atoms with Crippen LogP contribution in [0.3, 0.4) is 0 Å². The Morgan fingerprint density at radius 2 is 1.98 bits per heavy atom. The van der Waals surface area contributed by atoms with Crippen LogP contribution in [0.4, 0.5) is 5.82 Å². The number of hydrogen-bond donors (Lipinski definition) is 1. The van der Waals surface area contributed by atoms with Crippen LogP contribution in [0, 0.1) is 12.3 Å². The normalized spacial score (nSPS) is 20.2. The number of anilines is 1. The lowest BCUT2D eigenvalue weighted by molar-refractivity contribution is 0.0974. The van der Waals surface area contributed by atoms with Crippen LogP contribution >= 0.6 is 23.4 Å². The van der Waals surface area contributed by atoms with Crippen LogP contribution in [0.2, 0.25) is 5.02 Å². The standard InChI is InChI=1S/C30H33ClN6O3S/c1-18-4-6-22(39-3)20(12-18)15-37-17-35-21-5-7-23(27(31)26(21)29(37)38)41-25-14-33-24(13-34-25)36-10-8-30(9-11-36)16-40-19(2)28(30)32/h4-7,12-14,17,19,28H,8-11,15-16,32H2,1-3H3/t19-,28+/m0/s1. The second-order valence-electron chi connectivity index (χ2n) is 11.0. The number of methoxy groups -OCH3 is 1. The highest BCUT2D eigenvalue weighted by atomic mass is 35.5. The lowest BCUT2D eigenvalue weighted by Crippen LogP contribution is -2.50. The summed E-state index contributed by atoms with van der Waals surface area (Å²) in [6, 6.07) is 9.64. The molecule has 2 N–H and O–H groups in total. The highest BCUT2D eigenvalue weighted by Crippen LogP contribution is 2.42. The predicted molar refractivity (Wildman–Crippen MR) is 161 cm³/mol. The van der Waals surface area contributed by atoms with Gasteiger partial charge in [-0.3, -0.25) is 9.36 Å². The van der Waals surface area contributed by atoms with Crippen LogP contribution in [0.15, 0.2) is 63.8 Å². The van der Waals surface area contributed by atoms with E-state index in [0.717, 1.165) is 60.1 Å². The van der Waals surface area contributed by atoms with Crippen LogP contribution in [-0.4, -0.2) is 58.5 Å². The maximum atomic E-state index is 13.5. The number of rotatable bonds is 6. The molecule has 1 spiro atoms. The Hall–Kier alpha value is -3.18. The van der Waals surface area contributed by atoms with Crippen molar-refractivity contribution >= 4 is 40.1 Å². The first-order valence-electron chi connectivity index (χ1n) is 13.7. The zero-order valence-electron chi connectivity index (χ0n) is 23.3. The van der Waals surface area contributed by atoms with E-state index in [0.29, 0.717) is 27.5 Å². The number of aryl methyl sites for hydroxylation is 1. The number of fused-ring (bicyclic) bond motifs is 1. The van der Waals surface area contributed by atoms with E-state index in [-0.39, 0.29) is 23.1 Å². The van der Waals surface area contributed by atoms with Gasteiger partial charge in [-0.15, -0.1) is 0 Å². The quantitative estimate of drug-likeness (QED) is 0.341. The Morgan fingerprint density at radius 3 is 2.66 bits per heavy atom. The Balaban J connectivity index is 1.19. The van der Waals surface area contributed by atoms with Crippen molar-refractivity contribution in [2.24, 2.45) is 11.1 Å². The SMILES string of the molecule is COc1ccc(C)cc1Cn1cnc2ccc(Sc3cnc(N4CCC5(CC4)CO[C@@H](C)[C@H]5N)cn3)c(Cl)c2c1=O. The Kier molecular flexibility index (Phi) is 7.67. The van der Waals surface area contributed by atoms with E-state index in [1.807, 2.05) is 37.3 Å². The number of nitrogens with zero attached hydrogens (tertiary/aromatic N) is 5. The van der Waals surface area contributed by atoms with Gasteiger partial charge in [0.1, 0.15) is 16.6 Å². The van der Waals surface area contributed by atoms with E-state index in [2.05, 4.69) is 26.8 Å². The maximum Gasteiger partial charge on any atom is 0.263 e. The minimum absolute atomic E-state index is 0.0610. The summed E-state index contributed by atoms with van der Waals surface area (Å²) in [5.41, 5.74) is 8.84. The average molecular weight is 593 g/mol. The van der Waals surface area contributed by atoms with Crippen molar-refractivity contribution in [2.75, 3.05) is 31.7 Å². The molecule has 2 aromatic heterocycles.